The number of anilines is 2. The highest BCUT2D eigenvalue weighted by Gasteiger charge is 2.09. The van der Waals surface area contributed by atoms with E-state index in [1.165, 1.54) is 0 Å². The average Bonchev–Trinajstić information content (AvgIpc) is 2.41. The van der Waals surface area contributed by atoms with Crippen LogP contribution >= 0.6 is 0 Å². The first-order valence-corrected chi connectivity index (χ1v) is 5.71. The number of nitriles is 1. The Hall–Kier alpha value is -2.74. The van der Waals surface area contributed by atoms with Crippen LogP contribution in [0.4, 0.5) is 11.4 Å². The van der Waals surface area contributed by atoms with Gasteiger partial charge in [0.25, 0.3) is 0 Å². The number of hydrogen-bond donors (Lipinski definition) is 1. The predicted octanol–water partition coefficient (Wildman–Crippen LogP) is 2.39. The highest BCUT2D eigenvalue weighted by atomic mass is 16.5. The fraction of sp³-hybridized carbons (Fsp3) is 0.143. The monoisotopic (exact) mass is 254 g/mol. The molecule has 0 saturated carbocycles. The van der Waals surface area contributed by atoms with Crippen molar-refractivity contribution in [2.45, 2.75) is 0 Å². The van der Waals surface area contributed by atoms with Gasteiger partial charge in [-0.3, -0.25) is 0 Å². The van der Waals surface area contributed by atoms with E-state index in [9.17, 15) is 0 Å². The molecule has 0 spiro atoms. The molecular formula is C14H14N4O. The van der Waals surface area contributed by atoms with Gasteiger partial charge in [0.15, 0.2) is 17.2 Å². The number of pyridine rings is 1. The second kappa shape index (κ2) is 5.27. The van der Waals surface area contributed by atoms with Crippen molar-refractivity contribution in [3.8, 4) is 17.6 Å². The Balaban J connectivity index is 2.38. The van der Waals surface area contributed by atoms with Crippen molar-refractivity contribution in [2.75, 3.05) is 24.7 Å². The van der Waals surface area contributed by atoms with Gasteiger partial charge in [0.2, 0.25) is 0 Å². The third-order valence-corrected chi connectivity index (χ3v) is 2.61. The molecule has 2 N–H and O–H groups in total. The van der Waals surface area contributed by atoms with E-state index in [2.05, 4.69) is 4.98 Å². The van der Waals surface area contributed by atoms with E-state index in [0.717, 1.165) is 5.69 Å². The van der Waals surface area contributed by atoms with Crippen molar-refractivity contribution >= 4 is 11.4 Å². The summed E-state index contributed by atoms with van der Waals surface area (Å²) in [6.45, 7) is 0. The van der Waals surface area contributed by atoms with E-state index in [0.29, 0.717) is 17.2 Å². The molecule has 0 fully saturated rings. The summed E-state index contributed by atoms with van der Waals surface area (Å²) in [4.78, 5) is 5.89. The summed E-state index contributed by atoms with van der Waals surface area (Å²) in [5.41, 5.74) is 7.59. The molecule has 0 amide bonds. The Morgan fingerprint density at radius 1 is 1.26 bits per heavy atom. The number of rotatable bonds is 3. The van der Waals surface area contributed by atoms with Crippen LogP contribution in [0, 0.1) is 11.3 Å². The van der Waals surface area contributed by atoms with Gasteiger partial charge >= 0.3 is 0 Å². The van der Waals surface area contributed by atoms with E-state index in [4.69, 9.17) is 15.7 Å². The van der Waals surface area contributed by atoms with Crippen molar-refractivity contribution in [3.63, 3.8) is 0 Å². The molecule has 0 aliphatic heterocycles. The molecule has 1 aromatic carbocycles. The Kier molecular flexibility index (Phi) is 3.53. The predicted molar refractivity (Wildman–Crippen MR) is 74.2 cm³/mol. The van der Waals surface area contributed by atoms with Gasteiger partial charge in [-0.25, -0.2) is 4.98 Å². The Morgan fingerprint density at radius 2 is 2.05 bits per heavy atom. The van der Waals surface area contributed by atoms with E-state index in [-0.39, 0.29) is 5.69 Å². The van der Waals surface area contributed by atoms with Crippen LogP contribution in [0.25, 0.3) is 0 Å². The van der Waals surface area contributed by atoms with Crippen molar-refractivity contribution in [1.82, 2.24) is 4.98 Å². The van der Waals surface area contributed by atoms with Gasteiger partial charge in [0.05, 0.1) is 5.69 Å². The minimum atomic E-state index is 0.233. The second-order valence-corrected chi connectivity index (χ2v) is 4.18. The van der Waals surface area contributed by atoms with Crippen LogP contribution in [0.3, 0.4) is 0 Å². The molecule has 1 aromatic heterocycles. The van der Waals surface area contributed by atoms with Gasteiger partial charge in [-0.2, -0.15) is 5.26 Å². The first-order valence-electron chi connectivity index (χ1n) is 5.71. The number of benzene rings is 1. The van der Waals surface area contributed by atoms with Gasteiger partial charge in [-0.15, -0.1) is 0 Å². The number of hydrogen-bond acceptors (Lipinski definition) is 5. The Morgan fingerprint density at radius 3 is 2.74 bits per heavy atom. The van der Waals surface area contributed by atoms with Crippen molar-refractivity contribution in [2.24, 2.45) is 0 Å². The minimum absolute atomic E-state index is 0.233. The molecule has 2 rings (SSSR count). The van der Waals surface area contributed by atoms with Crippen LogP contribution in [-0.2, 0) is 0 Å². The zero-order valence-electron chi connectivity index (χ0n) is 10.8. The lowest BCUT2D eigenvalue weighted by atomic mass is 10.2. The summed E-state index contributed by atoms with van der Waals surface area (Å²) in [6.07, 6.45) is 1.55. The summed E-state index contributed by atoms with van der Waals surface area (Å²) in [7, 11) is 3.86. The van der Waals surface area contributed by atoms with Crippen LogP contribution in [0.15, 0.2) is 36.5 Å². The third kappa shape index (κ3) is 2.75. The molecule has 0 radical (unpaired) electrons. The fourth-order valence-corrected chi connectivity index (χ4v) is 1.56. The van der Waals surface area contributed by atoms with Crippen LogP contribution in [-0.4, -0.2) is 19.1 Å². The van der Waals surface area contributed by atoms with E-state index >= 15 is 0 Å². The second-order valence-electron chi connectivity index (χ2n) is 4.18. The first kappa shape index (κ1) is 12.7. The molecule has 96 valence electrons. The van der Waals surface area contributed by atoms with Crippen molar-refractivity contribution in [3.05, 3.63) is 42.2 Å². The lowest BCUT2D eigenvalue weighted by Gasteiger charge is -2.15. The van der Waals surface area contributed by atoms with Crippen molar-refractivity contribution in [1.29, 1.82) is 5.26 Å². The van der Waals surface area contributed by atoms with Gasteiger partial charge in [0.1, 0.15) is 6.07 Å². The minimum Gasteiger partial charge on any atom is -0.452 e. The van der Waals surface area contributed by atoms with Gasteiger partial charge in [0, 0.05) is 32.0 Å². The SMILES string of the molecule is CN(C)c1ccc(N)c(Oc2cccnc2C#N)c1. The molecular weight excluding hydrogens is 240 g/mol. The summed E-state index contributed by atoms with van der Waals surface area (Å²) >= 11 is 0. The van der Waals surface area contributed by atoms with Crippen LogP contribution in [0.2, 0.25) is 0 Å². The van der Waals surface area contributed by atoms with Crippen LogP contribution in [0.1, 0.15) is 5.69 Å². The van der Waals surface area contributed by atoms with E-state index in [1.54, 1.807) is 24.4 Å². The van der Waals surface area contributed by atoms with Crippen molar-refractivity contribution < 1.29 is 4.74 Å². The molecule has 5 nitrogen and oxygen atoms in total. The van der Waals surface area contributed by atoms with E-state index in [1.807, 2.05) is 37.2 Å². The van der Waals surface area contributed by atoms with Gasteiger partial charge < -0.3 is 15.4 Å². The zero-order chi connectivity index (χ0) is 13.8. The lowest BCUT2D eigenvalue weighted by Crippen LogP contribution is -2.08. The maximum absolute atomic E-state index is 8.98. The molecule has 0 saturated heterocycles. The molecule has 1 heterocycles. The third-order valence-electron chi connectivity index (χ3n) is 2.61. The number of nitrogens with two attached hydrogens (primary N) is 1. The topological polar surface area (TPSA) is 75.2 Å². The number of nitrogen functional groups attached to an aromatic ring is 1. The quantitative estimate of drug-likeness (QED) is 0.851. The zero-order valence-corrected chi connectivity index (χ0v) is 10.8. The Labute approximate surface area is 111 Å². The molecule has 0 bridgehead atoms. The Bertz CT molecular complexity index is 632. The molecule has 0 atom stereocenters. The standard InChI is InChI=1S/C14H14N4O/c1-18(2)10-5-6-11(16)14(8-10)19-13-4-3-7-17-12(13)9-15/h3-8H,16H2,1-2H3. The normalized spacial score (nSPS) is 9.74. The highest BCUT2D eigenvalue weighted by Crippen LogP contribution is 2.31. The molecule has 0 aliphatic carbocycles. The molecule has 5 heteroatoms. The lowest BCUT2D eigenvalue weighted by molar-refractivity contribution is 0.481. The number of ether oxygens (including phenoxy) is 1. The largest absolute Gasteiger partial charge is 0.452 e. The number of aromatic nitrogens is 1. The first-order chi connectivity index (χ1) is 9.11. The fourth-order valence-electron chi connectivity index (χ4n) is 1.56. The molecule has 0 aliphatic rings. The van der Waals surface area contributed by atoms with Gasteiger partial charge in [-0.05, 0) is 24.3 Å². The highest BCUT2D eigenvalue weighted by molar-refractivity contribution is 5.63. The summed E-state index contributed by atoms with van der Waals surface area (Å²) in [5, 5.41) is 8.98. The summed E-state index contributed by atoms with van der Waals surface area (Å²) in [6, 6.07) is 10.9. The summed E-state index contributed by atoms with van der Waals surface area (Å²) < 4.78 is 5.69. The average molecular weight is 254 g/mol. The molecule has 19 heavy (non-hydrogen) atoms. The maximum atomic E-state index is 8.98. The molecule has 2 aromatic rings. The number of nitrogens with zero attached hydrogens (tertiary/aromatic N) is 3. The van der Waals surface area contributed by atoms with Gasteiger partial charge in [-0.1, -0.05) is 0 Å². The molecule has 0 unspecified atom stereocenters. The van der Waals surface area contributed by atoms with E-state index < -0.39 is 0 Å². The smallest absolute Gasteiger partial charge is 0.183 e. The summed E-state index contributed by atoms with van der Waals surface area (Å²) in [5.74, 6) is 0.906. The van der Waals surface area contributed by atoms with Crippen LogP contribution < -0.4 is 15.4 Å². The van der Waals surface area contributed by atoms with Crippen LogP contribution in [0.5, 0.6) is 11.5 Å². The maximum Gasteiger partial charge on any atom is 0.183 e.